The molecule has 0 rings (SSSR count). The van der Waals surface area contributed by atoms with E-state index in [1.807, 2.05) is 0 Å². The summed E-state index contributed by atoms with van der Waals surface area (Å²) in [5.41, 5.74) is 10.6. The van der Waals surface area contributed by atoms with Gasteiger partial charge in [0.25, 0.3) is 0 Å². The van der Waals surface area contributed by atoms with Crippen molar-refractivity contribution in [3.63, 3.8) is 0 Å². The van der Waals surface area contributed by atoms with Crippen molar-refractivity contribution < 1.29 is 0 Å². The maximum absolute atomic E-state index is 2.45. The van der Waals surface area contributed by atoms with Gasteiger partial charge in [-0.05, 0) is 139 Å². The van der Waals surface area contributed by atoms with E-state index in [-0.39, 0.29) is 0 Å². The Bertz CT molecular complexity index is 782. The molecule has 0 aromatic heterocycles. The molecule has 0 atom stereocenters. The lowest BCUT2D eigenvalue weighted by atomic mass is 10.0. The van der Waals surface area contributed by atoms with Crippen LogP contribution in [0.3, 0.4) is 0 Å². The molecule has 0 aliphatic rings. The molecule has 0 nitrogen and oxygen atoms in total. The zero-order chi connectivity index (χ0) is 26.5. The second-order valence-corrected chi connectivity index (χ2v) is 10.9. The van der Waals surface area contributed by atoms with Crippen molar-refractivity contribution in [2.75, 3.05) is 0 Å². The van der Waals surface area contributed by atoms with E-state index in [4.69, 9.17) is 0 Å². The molecule has 0 aromatic carbocycles. The molecule has 0 radical (unpaired) electrons. The van der Waals surface area contributed by atoms with Crippen LogP contribution in [0, 0.1) is 0 Å². The number of allylic oxidation sites excluding steroid dienone is 14. The average molecular weight is 479 g/mol. The predicted octanol–water partition coefficient (Wildman–Crippen LogP) is 12.3. The average Bonchev–Trinajstić information content (AvgIpc) is 2.78. The molecular weight excluding hydrogens is 420 g/mol. The highest BCUT2D eigenvalue weighted by Crippen LogP contribution is 2.16. The largest absolute Gasteiger partial charge is 0.0887 e. The fourth-order valence-electron chi connectivity index (χ4n) is 3.97. The maximum atomic E-state index is 2.45. The van der Waals surface area contributed by atoms with E-state index >= 15 is 0 Å². The molecule has 0 aromatic rings. The van der Waals surface area contributed by atoms with Crippen LogP contribution in [0.2, 0.25) is 0 Å². The van der Waals surface area contributed by atoms with Gasteiger partial charge in [-0.3, -0.25) is 0 Å². The monoisotopic (exact) mass is 478 g/mol. The molecule has 0 heteroatoms. The SMILES string of the molecule is C/C=C(\C)CC/C=C(\C)CC/C=C(\C)CC/C=C(\C)CC/C=C(\C)CC/C=C(\C)CCC=C(C)C. The van der Waals surface area contributed by atoms with Crippen LogP contribution in [-0.2, 0) is 0 Å². The molecule has 35 heavy (non-hydrogen) atoms. The summed E-state index contributed by atoms with van der Waals surface area (Å²) in [6.45, 7) is 20.1. The van der Waals surface area contributed by atoms with Crippen molar-refractivity contribution >= 4 is 0 Å². The van der Waals surface area contributed by atoms with Crippen molar-refractivity contribution in [2.24, 2.45) is 0 Å². The summed E-state index contributed by atoms with van der Waals surface area (Å²) < 4.78 is 0. The van der Waals surface area contributed by atoms with Gasteiger partial charge in [0, 0.05) is 0 Å². The van der Waals surface area contributed by atoms with Gasteiger partial charge in [-0.15, -0.1) is 0 Å². The van der Waals surface area contributed by atoms with Gasteiger partial charge >= 0.3 is 0 Å². The van der Waals surface area contributed by atoms with Crippen LogP contribution in [0.4, 0.5) is 0 Å². The minimum atomic E-state index is 1.17. The van der Waals surface area contributed by atoms with E-state index in [9.17, 15) is 0 Å². The van der Waals surface area contributed by atoms with Gasteiger partial charge in [-0.2, -0.15) is 0 Å². The van der Waals surface area contributed by atoms with Crippen LogP contribution in [0.25, 0.3) is 0 Å². The van der Waals surface area contributed by atoms with E-state index in [1.54, 1.807) is 0 Å². The van der Waals surface area contributed by atoms with Crippen LogP contribution in [0.15, 0.2) is 81.5 Å². The molecule has 0 bridgehead atoms. The van der Waals surface area contributed by atoms with Crippen molar-refractivity contribution in [3.05, 3.63) is 81.5 Å². The van der Waals surface area contributed by atoms with E-state index in [1.165, 1.54) is 116 Å². The van der Waals surface area contributed by atoms with E-state index in [2.05, 4.69) is 105 Å². The standard InChI is InChI=1S/C35H58/c1-10-30(4)18-12-20-32(6)22-14-24-34(8)26-16-28-35(9)27-15-25-33(7)23-13-21-31(5)19-11-17-29(2)3/h10,17,20-21,24-25,28H,11-16,18-19,22-23,26-27H2,1-9H3/b30-10+,31-21+,32-20+,33-25+,34-24+,35-28+. The topological polar surface area (TPSA) is 0 Å². The van der Waals surface area contributed by atoms with Crippen LogP contribution in [0.5, 0.6) is 0 Å². The van der Waals surface area contributed by atoms with Gasteiger partial charge in [-0.1, -0.05) is 81.5 Å². The zero-order valence-corrected chi connectivity index (χ0v) is 25.0. The summed E-state index contributed by atoms with van der Waals surface area (Å²) in [7, 11) is 0. The van der Waals surface area contributed by atoms with Crippen LogP contribution in [-0.4, -0.2) is 0 Å². The summed E-state index contributed by atoms with van der Waals surface area (Å²) in [6, 6.07) is 0. The minimum absolute atomic E-state index is 1.17. The Labute approximate surface area is 220 Å². The molecule has 0 fully saturated rings. The highest BCUT2D eigenvalue weighted by atomic mass is 14.0. The Kier molecular flexibility index (Phi) is 20.3. The Balaban J connectivity index is 4.13. The maximum Gasteiger partial charge on any atom is -0.0288 e. The Hall–Kier alpha value is -1.82. The molecule has 0 aliphatic heterocycles. The molecule has 0 spiro atoms. The molecule has 0 unspecified atom stereocenters. The summed E-state index contributed by atoms with van der Waals surface area (Å²) in [5.74, 6) is 0. The number of rotatable bonds is 18. The first-order valence-corrected chi connectivity index (χ1v) is 14.2. The van der Waals surface area contributed by atoms with Crippen molar-refractivity contribution in [2.45, 2.75) is 139 Å². The first kappa shape index (κ1) is 33.2. The second-order valence-electron chi connectivity index (χ2n) is 10.9. The fraction of sp³-hybridized carbons (Fsp3) is 0.600. The molecule has 0 aliphatic carbocycles. The molecule has 0 heterocycles. The second kappa shape index (κ2) is 21.5. The molecule has 0 N–H and O–H groups in total. The summed E-state index contributed by atoms with van der Waals surface area (Å²) >= 11 is 0. The lowest BCUT2D eigenvalue weighted by molar-refractivity contribution is 0.883. The Morgan fingerprint density at radius 1 is 0.343 bits per heavy atom. The molecule has 198 valence electrons. The molecule has 0 saturated heterocycles. The summed E-state index contributed by atoms with van der Waals surface area (Å²) in [4.78, 5) is 0. The van der Waals surface area contributed by atoms with E-state index in [0.717, 1.165) is 0 Å². The van der Waals surface area contributed by atoms with Gasteiger partial charge in [-0.25, -0.2) is 0 Å². The van der Waals surface area contributed by atoms with Crippen molar-refractivity contribution in [3.8, 4) is 0 Å². The normalized spacial score (nSPS) is 14.5. The highest BCUT2D eigenvalue weighted by molar-refractivity contribution is 5.09. The third kappa shape index (κ3) is 22.4. The minimum Gasteiger partial charge on any atom is -0.0887 e. The molecule has 0 amide bonds. The lowest BCUT2D eigenvalue weighted by Crippen LogP contribution is -1.83. The fourth-order valence-corrected chi connectivity index (χ4v) is 3.97. The van der Waals surface area contributed by atoms with Crippen LogP contribution >= 0.6 is 0 Å². The summed E-state index contributed by atoms with van der Waals surface area (Å²) in [6.07, 6.45) is 31.0. The van der Waals surface area contributed by atoms with Gasteiger partial charge in [0.2, 0.25) is 0 Å². The van der Waals surface area contributed by atoms with Gasteiger partial charge in [0.05, 0.1) is 0 Å². The van der Waals surface area contributed by atoms with Crippen molar-refractivity contribution in [1.29, 1.82) is 0 Å². The number of hydrogen-bond acceptors (Lipinski definition) is 0. The van der Waals surface area contributed by atoms with E-state index < -0.39 is 0 Å². The third-order valence-electron chi connectivity index (χ3n) is 6.74. The lowest BCUT2D eigenvalue weighted by Gasteiger charge is -2.04. The summed E-state index contributed by atoms with van der Waals surface area (Å²) in [5, 5.41) is 0. The first-order valence-electron chi connectivity index (χ1n) is 14.2. The third-order valence-corrected chi connectivity index (χ3v) is 6.74. The van der Waals surface area contributed by atoms with Crippen molar-refractivity contribution in [1.82, 2.24) is 0 Å². The smallest absolute Gasteiger partial charge is 0.0288 e. The van der Waals surface area contributed by atoms with Gasteiger partial charge in [0.15, 0.2) is 0 Å². The quantitative estimate of drug-likeness (QED) is 0.172. The van der Waals surface area contributed by atoms with Gasteiger partial charge in [0.1, 0.15) is 0 Å². The Morgan fingerprint density at radius 2 is 0.571 bits per heavy atom. The van der Waals surface area contributed by atoms with E-state index in [0.29, 0.717) is 0 Å². The van der Waals surface area contributed by atoms with Crippen LogP contribution < -0.4 is 0 Å². The highest BCUT2D eigenvalue weighted by Gasteiger charge is 1.96. The predicted molar refractivity (Wildman–Crippen MR) is 163 cm³/mol. The Morgan fingerprint density at radius 3 is 0.800 bits per heavy atom. The first-order chi connectivity index (χ1) is 16.6. The molecule has 0 saturated carbocycles. The zero-order valence-electron chi connectivity index (χ0n) is 25.0. The number of hydrogen-bond donors (Lipinski definition) is 0. The van der Waals surface area contributed by atoms with Gasteiger partial charge < -0.3 is 0 Å². The molecular formula is C35H58. The van der Waals surface area contributed by atoms with Crippen LogP contribution in [0.1, 0.15) is 139 Å².